The van der Waals surface area contributed by atoms with Crippen molar-refractivity contribution in [2.75, 3.05) is 0 Å². The zero-order valence-electron chi connectivity index (χ0n) is 7.92. The number of hydrogen-bond donors (Lipinski definition) is 2. The highest BCUT2D eigenvalue weighted by Crippen LogP contribution is 2.18. The number of hydrogen-bond acceptors (Lipinski definition) is 3. The molecule has 15 heavy (non-hydrogen) atoms. The first-order valence-electron chi connectivity index (χ1n) is 4.35. The molecule has 0 aliphatic carbocycles. The topological polar surface area (TPSA) is 89.9 Å². The Morgan fingerprint density at radius 1 is 1.27 bits per heavy atom. The monoisotopic (exact) mass is 202 g/mol. The Balaban J connectivity index is 2.39. The molecule has 2 aromatic rings. The molecule has 0 amide bonds. The second kappa shape index (κ2) is 3.83. The third-order valence-electron chi connectivity index (χ3n) is 1.90. The van der Waals surface area contributed by atoms with E-state index in [9.17, 15) is 0 Å². The van der Waals surface area contributed by atoms with Crippen LogP contribution in [0.2, 0.25) is 0 Å². The van der Waals surface area contributed by atoms with E-state index < -0.39 is 0 Å². The molecule has 1 aromatic carbocycles. The van der Waals surface area contributed by atoms with Gasteiger partial charge in [0, 0.05) is 10.9 Å². The van der Waals surface area contributed by atoms with Crippen molar-refractivity contribution in [1.29, 1.82) is 0 Å². The van der Waals surface area contributed by atoms with Crippen LogP contribution in [0.4, 0.5) is 0 Å². The fraction of sp³-hybridized carbons (Fsp3) is 0. The highest BCUT2D eigenvalue weighted by Gasteiger charge is 1.99. The number of rotatable bonds is 2. The quantitative estimate of drug-likeness (QED) is 0.433. The van der Waals surface area contributed by atoms with Gasteiger partial charge in [-0.15, -0.1) is 5.10 Å². The predicted octanol–water partition coefficient (Wildman–Crippen LogP) is 1.04. The molecule has 76 valence electrons. The summed E-state index contributed by atoms with van der Waals surface area (Å²) in [6.45, 7) is 0. The van der Waals surface area contributed by atoms with E-state index in [-0.39, 0.29) is 5.96 Å². The molecule has 0 saturated heterocycles. The van der Waals surface area contributed by atoms with Gasteiger partial charge in [-0.05, 0) is 12.1 Å². The minimum atomic E-state index is -0.0642. The number of nitrogens with zero attached hydrogens (tertiary/aromatic N) is 2. The Hall–Kier alpha value is -2.30. The van der Waals surface area contributed by atoms with E-state index in [2.05, 4.69) is 10.2 Å². The summed E-state index contributed by atoms with van der Waals surface area (Å²) in [5.41, 5.74) is 12.0. The first-order valence-corrected chi connectivity index (χ1v) is 4.35. The molecule has 0 aliphatic heterocycles. The Bertz CT molecular complexity index is 523. The van der Waals surface area contributed by atoms with Crippen LogP contribution in [0.15, 0.2) is 45.1 Å². The van der Waals surface area contributed by atoms with Gasteiger partial charge in [0.1, 0.15) is 5.58 Å². The first-order chi connectivity index (χ1) is 7.27. The molecule has 0 aliphatic rings. The predicted molar refractivity (Wildman–Crippen MR) is 59.6 cm³/mol. The van der Waals surface area contributed by atoms with Gasteiger partial charge in [0.05, 0.1) is 12.5 Å². The van der Waals surface area contributed by atoms with Gasteiger partial charge < -0.3 is 15.9 Å². The van der Waals surface area contributed by atoms with Crippen LogP contribution in [0.5, 0.6) is 0 Å². The van der Waals surface area contributed by atoms with E-state index in [1.165, 1.54) is 0 Å². The molecule has 1 aromatic heterocycles. The van der Waals surface area contributed by atoms with Crippen molar-refractivity contribution in [3.63, 3.8) is 0 Å². The minimum Gasteiger partial charge on any atom is -0.464 e. The molecule has 0 radical (unpaired) electrons. The second-order valence-electron chi connectivity index (χ2n) is 2.95. The fourth-order valence-corrected chi connectivity index (χ4v) is 1.29. The second-order valence-corrected chi connectivity index (χ2v) is 2.95. The Kier molecular flexibility index (Phi) is 2.37. The Labute approximate surface area is 86.1 Å². The largest absolute Gasteiger partial charge is 0.464 e. The number of benzene rings is 1. The third-order valence-corrected chi connectivity index (χ3v) is 1.90. The molecule has 0 unspecified atom stereocenters. The van der Waals surface area contributed by atoms with E-state index in [1.807, 2.05) is 24.3 Å². The molecular formula is C10H10N4O. The average molecular weight is 202 g/mol. The lowest BCUT2D eigenvalue weighted by molar-refractivity contribution is 0.616. The third kappa shape index (κ3) is 1.96. The Morgan fingerprint density at radius 2 is 2.13 bits per heavy atom. The van der Waals surface area contributed by atoms with E-state index in [1.54, 1.807) is 12.5 Å². The molecule has 5 heteroatoms. The van der Waals surface area contributed by atoms with Crippen molar-refractivity contribution in [2.45, 2.75) is 0 Å². The lowest BCUT2D eigenvalue weighted by Gasteiger charge is -1.93. The molecular weight excluding hydrogens is 192 g/mol. The van der Waals surface area contributed by atoms with Crippen LogP contribution in [0.25, 0.3) is 11.0 Å². The number of fused-ring (bicyclic) bond motifs is 1. The van der Waals surface area contributed by atoms with Crippen LogP contribution in [0.1, 0.15) is 5.56 Å². The highest BCUT2D eigenvalue weighted by atomic mass is 16.3. The van der Waals surface area contributed by atoms with E-state index >= 15 is 0 Å². The molecule has 2 rings (SSSR count). The van der Waals surface area contributed by atoms with Gasteiger partial charge in [-0.1, -0.05) is 12.1 Å². The summed E-state index contributed by atoms with van der Waals surface area (Å²) in [4.78, 5) is 0. The van der Waals surface area contributed by atoms with Crippen molar-refractivity contribution in [3.8, 4) is 0 Å². The molecule has 5 nitrogen and oxygen atoms in total. The van der Waals surface area contributed by atoms with Crippen LogP contribution >= 0.6 is 0 Å². The van der Waals surface area contributed by atoms with Crippen molar-refractivity contribution < 1.29 is 4.42 Å². The molecule has 0 atom stereocenters. The van der Waals surface area contributed by atoms with Gasteiger partial charge in [-0.2, -0.15) is 5.10 Å². The SMILES string of the molecule is NC(N)=NN=Cc1cccc2occc12. The average Bonchev–Trinajstić information content (AvgIpc) is 2.65. The summed E-state index contributed by atoms with van der Waals surface area (Å²) in [5.74, 6) is -0.0642. The number of guanidine groups is 1. The summed E-state index contributed by atoms with van der Waals surface area (Å²) in [6, 6.07) is 7.53. The van der Waals surface area contributed by atoms with E-state index in [0.29, 0.717) is 0 Å². The molecule has 0 fully saturated rings. The van der Waals surface area contributed by atoms with Crippen LogP contribution in [0, 0.1) is 0 Å². The molecule has 0 bridgehead atoms. The maximum Gasteiger partial charge on any atom is 0.211 e. The summed E-state index contributed by atoms with van der Waals surface area (Å²) in [6.07, 6.45) is 3.21. The minimum absolute atomic E-state index is 0.0642. The zero-order chi connectivity index (χ0) is 10.7. The van der Waals surface area contributed by atoms with Crippen molar-refractivity contribution in [1.82, 2.24) is 0 Å². The first kappa shape index (κ1) is 9.26. The highest BCUT2D eigenvalue weighted by molar-refractivity contribution is 5.97. The maximum atomic E-state index is 5.24. The molecule has 4 N–H and O–H groups in total. The number of nitrogens with two attached hydrogens (primary N) is 2. The van der Waals surface area contributed by atoms with Crippen molar-refractivity contribution >= 4 is 23.1 Å². The number of furan rings is 1. The van der Waals surface area contributed by atoms with Gasteiger partial charge in [0.2, 0.25) is 5.96 Å². The van der Waals surface area contributed by atoms with Crippen LogP contribution in [0.3, 0.4) is 0 Å². The lowest BCUT2D eigenvalue weighted by Crippen LogP contribution is -2.21. The smallest absolute Gasteiger partial charge is 0.211 e. The van der Waals surface area contributed by atoms with Crippen molar-refractivity contribution in [2.24, 2.45) is 21.7 Å². The maximum absolute atomic E-state index is 5.24. The summed E-state index contributed by atoms with van der Waals surface area (Å²) >= 11 is 0. The Morgan fingerprint density at radius 3 is 2.93 bits per heavy atom. The summed E-state index contributed by atoms with van der Waals surface area (Å²) in [7, 11) is 0. The molecule has 0 saturated carbocycles. The van der Waals surface area contributed by atoms with Crippen LogP contribution in [-0.4, -0.2) is 12.2 Å². The molecule has 1 heterocycles. The van der Waals surface area contributed by atoms with Gasteiger partial charge in [0.15, 0.2) is 0 Å². The lowest BCUT2D eigenvalue weighted by atomic mass is 10.1. The van der Waals surface area contributed by atoms with Gasteiger partial charge in [0.25, 0.3) is 0 Å². The normalized spacial score (nSPS) is 10.9. The van der Waals surface area contributed by atoms with Crippen molar-refractivity contribution in [3.05, 3.63) is 36.1 Å². The van der Waals surface area contributed by atoms with Gasteiger partial charge in [-0.3, -0.25) is 0 Å². The van der Waals surface area contributed by atoms with Crippen LogP contribution in [-0.2, 0) is 0 Å². The molecule has 0 spiro atoms. The van der Waals surface area contributed by atoms with Gasteiger partial charge in [-0.25, -0.2) is 0 Å². The fourth-order valence-electron chi connectivity index (χ4n) is 1.29. The summed E-state index contributed by atoms with van der Waals surface area (Å²) in [5, 5.41) is 8.24. The van der Waals surface area contributed by atoms with Gasteiger partial charge >= 0.3 is 0 Å². The van der Waals surface area contributed by atoms with Crippen LogP contribution < -0.4 is 11.5 Å². The standard InChI is InChI=1S/C10H10N4O/c11-10(12)14-13-6-7-2-1-3-9-8(7)4-5-15-9/h1-6H,(H4,11,12,14). The zero-order valence-corrected chi connectivity index (χ0v) is 7.92. The van der Waals surface area contributed by atoms with E-state index in [4.69, 9.17) is 15.9 Å². The summed E-state index contributed by atoms with van der Waals surface area (Å²) < 4.78 is 5.24. The van der Waals surface area contributed by atoms with E-state index in [0.717, 1.165) is 16.5 Å².